The number of hydrogen-bond donors (Lipinski definition) is 1. The molecule has 3 aromatic rings. The summed E-state index contributed by atoms with van der Waals surface area (Å²) in [6, 6.07) is 18.6. The molecular weight excluding hydrogens is 414 g/mol. The van der Waals surface area contributed by atoms with Gasteiger partial charge in [0, 0.05) is 31.0 Å². The number of hydrogen-bond acceptors (Lipinski definition) is 4. The van der Waals surface area contributed by atoms with E-state index in [9.17, 15) is 9.59 Å². The Kier molecular flexibility index (Phi) is 7.01. The molecule has 0 bridgehead atoms. The van der Waals surface area contributed by atoms with Gasteiger partial charge in [0.15, 0.2) is 0 Å². The minimum Gasteiger partial charge on any atom is -0.481 e. The Hall–Kier alpha value is -4.11. The molecule has 1 aliphatic heterocycles. The number of pyridine rings is 1. The summed E-state index contributed by atoms with van der Waals surface area (Å²) in [4.78, 5) is 31.6. The summed E-state index contributed by atoms with van der Waals surface area (Å²) in [6.07, 6.45) is 3.67. The fourth-order valence-electron chi connectivity index (χ4n) is 3.83. The maximum atomic E-state index is 13.4. The maximum absolute atomic E-state index is 13.4. The van der Waals surface area contributed by atoms with Gasteiger partial charge in [-0.05, 0) is 47.9 Å². The zero-order valence-corrected chi connectivity index (χ0v) is 18.5. The summed E-state index contributed by atoms with van der Waals surface area (Å²) in [5, 5.41) is 2.94. The number of aromatic nitrogens is 1. The highest BCUT2D eigenvalue weighted by molar-refractivity contribution is 5.99. The lowest BCUT2D eigenvalue weighted by Gasteiger charge is -2.25. The molecule has 0 spiro atoms. The van der Waals surface area contributed by atoms with Crippen LogP contribution >= 0.6 is 0 Å². The summed E-state index contributed by atoms with van der Waals surface area (Å²) in [6.45, 7) is 2.98. The van der Waals surface area contributed by atoms with E-state index in [1.54, 1.807) is 30.3 Å². The Labute approximate surface area is 193 Å². The lowest BCUT2D eigenvalue weighted by Crippen LogP contribution is -2.33. The van der Waals surface area contributed by atoms with E-state index in [1.165, 1.54) is 0 Å². The zero-order chi connectivity index (χ0) is 23.0. The van der Waals surface area contributed by atoms with Crippen LogP contribution in [-0.4, -0.2) is 28.3 Å². The molecule has 33 heavy (non-hydrogen) atoms. The monoisotopic (exact) mass is 439 g/mol. The Morgan fingerprint density at radius 1 is 1.06 bits per heavy atom. The lowest BCUT2D eigenvalue weighted by molar-refractivity contribution is -0.133. The highest BCUT2D eigenvalue weighted by atomic mass is 16.5. The second-order valence-corrected chi connectivity index (χ2v) is 7.79. The summed E-state index contributed by atoms with van der Waals surface area (Å²) in [5.41, 5.74) is 3.43. The average molecular weight is 440 g/mol. The van der Waals surface area contributed by atoms with Crippen LogP contribution in [0.3, 0.4) is 0 Å². The molecule has 0 aliphatic carbocycles. The molecule has 0 saturated carbocycles. The van der Waals surface area contributed by atoms with Crippen LogP contribution in [0, 0.1) is 11.8 Å². The van der Waals surface area contributed by atoms with Crippen molar-refractivity contribution in [3.05, 3.63) is 95.3 Å². The van der Waals surface area contributed by atoms with Crippen LogP contribution in [0.1, 0.15) is 46.4 Å². The van der Waals surface area contributed by atoms with Crippen molar-refractivity contribution in [2.45, 2.75) is 32.5 Å². The predicted octanol–water partition coefficient (Wildman–Crippen LogP) is 3.89. The standard InChI is InChI=1S/C27H25N3O3/c1-2-3-15-33-22-12-10-20(11-13-22)18-30(19-21-7-6-14-28-17-21)26(31)16-25-23-8-4-5-9-24(23)27(32)29-25/h4-14,17,25H,15-16,18-19H2,1H3,(H,29,32). The lowest BCUT2D eigenvalue weighted by atomic mass is 10.0. The number of benzene rings is 2. The maximum Gasteiger partial charge on any atom is 0.252 e. The SMILES string of the molecule is CC#CCOc1ccc(CN(Cc2cccnc2)C(=O)CC2NC(=O)c3ccccc32)cc1. The van der Waals surface area contributed by atoms with Crippen LogP contribution in [-0.2, 0) is 17.9 Å². The molecule has 0 fully saturated rings. The molecule has 0 radical (unpaired) electrons. The third-order valence-electron chi connectivity index (χ3n) is 5.50. The van der Waals surface area contributed by atoms with Crippen molar-refractivity contribution in [3.63, 3.8) is 0 Å². The van der Waals surface area contributed by atoms with Crippen molar-refractivity contribution in [2.24, 2.45) is 0 Å². The van der Waals surface area contributed by atoms with Gasteiger partial charge in [0.05, 0.1) is 12.5 Å². The Morgan fingerprint density at radius 2 is 1.85 bits per heavy atom. The van der Waals surface area contributed by atoms with E-state index < -0.39 is 0 Å². The van der Waals surface area contributed by atoms with Gasteiger partial charge in [-0.3, -0.25) is 14.6 Å². The largest absolute Gasteiger partial charge is 0.481 e. The van der Waals surface area contributed by atoms with Crippen LogP contribution in [0.25, 0.3) is 0 Å². The number of fused-ring (bicyclic) bond motifs is 1. The Bertz CT molecular complexity index is 1180. The summed E-state index contributed by atoms with van der Waals surface area (Å²) >= 11 is 0. The molecule has 2 heterocycles. The van der Waals surface area contributed by atoms with Gasteiger partial charge in [-0.15, -0.1) is 5.92 Å². The number of carbonyl (C=O) groups excluding carboxylic acids is 2. The molecule has 1 unspecified atom stereocenters. The van der Waals surface area contributed by atoms with Gasteiger partial charge in [-0.1, -0.05) is 42.3 Å². The van der Waals surface area contributed by atoms with E-state index in [0.29, 0.717) is 25.3 Å². The Morgan fingerprint density at radius 3 is 2.61 bits per heavy atom. The van der Waals surface area contributed by atoms with Crippen molar-refractivity contribution in [3.8, 4) is 17.6 Å². The number of rotatable bonds is 8. The highest BCUT2D eigenvalue weighted by Gasteiger charge is 2.31. The second-order valence-electron chi connectivity index (χ2n) is 7.79. The van der Waals surface area contributed by atoms with Gasteiger partial charge < -0.3 is 15.0 Å². The first-order valence-electron chi connectivity index (χ1n) is 10.8. The normalized spacial score (nSPS) is 14.0. The highest BCUT2D eigenvalue weighted by Crippen LogP contribution is 2.28. The molecule has 2 amide bonds. The van der Waals surface area contributed by atoms with Crippen molar-refractivity contribution < 1.29 is 14.3 Å². The fourth-order valence-corrected chi connectivity index (χ4v) is 3.83. The molecule has 0 saturated heterocycles. The topological polar surface area (TPSA) is 71.5 Å². The molecule has 6 nitrogen and oxygen atoms in total. The van der Waals surface area contributed by atoms with Gasteiger partial charge >= 0.3 is 0 Å². The molecule has 4 rings (SSSR count). The third-order valence-corrected chi connectivity index (χ3v) is 5.50. The average Bonchev–Trinajstić information content (AvgIpc) is 3.16. The first kappa shape index (κ1) is 22.1. The quantitative estimate of drug-likeness (QED) is 0.541. The minimum absolute atomic E-state index is 0.0422. The van der Waals surface area contributed by atoms with Crippen LogP contribution in [0.15, 0.2) is 73.1 Å². The minimum atomic E-state index is -0.326. The van der Waals surface area contributed by atoms with Crippen LogP contribution < -0.4 is 10.1 Å². The molecule has 1 aromatic heterocycles. The summed E-state index contributed by atoms with van der Waals surface area (Å²) in [7, 11) is 0. The van der Waals surface area contributed by atoms with Gasteiger partial charge in [0.2, 0.25) is 5.91 Å². The van der Waals surface area contributed by atoms with E-state index in [0.717, 1.165) is 22.4 Å². The van der Waals surface area contributed by atoms with Gasteiger partial charge in [0.25, 0.3) is 5.91 Å². The van der Waals surface area contributed by atoms with E-state index in [2.05, 4.69) is 22.1 Å². The predicted molar refractivity (Wildman–Crippen MR) is 125 cm³/mol. The number of nitrogens with one attached hydrogen (secondary N) is 1. The molecule has 1 N–H and O–H groups in total. The number of ether oxygens (including phenoxy) is 1. The Balaban J connectivity index is 1.49. The van der Waals surface area contributed by atoms with Crippen molar-refractivity contribution in [1.82, 2.24) is 15.2 Å². The van der Waals surface area contributed by atoms with E-state index in [4.69, 9.17) is 4.74 Å². The van der Waals surface area contributed by atoms with Crippen molar-refractivity contribution in [1.29, 1.82) is 0 Å². The smallest absolute Gasteiger partial charge is 0.252 e. The van der Waals surface area contributed by atoms with E-state index in [-0.39, 0.29) is 24.3 Å². The summed E-state index contributed by atoms with van der Waals surface area (Å²) < 4.78 is 5.58. The fraction of sp³-hybridized carbons (Fsp3) is 0.222. The van der Waals surface area contributed by atoms with Crippen LogP contribution in [0.4, 0.5) is 0 Å². The third kappa shape index (κ3) is 5.58. The first-order chi connectivity index (χ1) is 16.1. The molecule has 6 heteroatoms. The number of amides is 2. The van der Waals surface area contributed by atoms with Gasteiger partial charge in [-0.2, -0.15) is 0 Å². The number of carbonyl (C=O) groups is 2. The van der Waals surface area contributed by atoms with Crippen molar-refractivity contribution in [2.75, 3.05) is 6.61 Å². The second kappa shape index (κ2) is 10.5. The number of nitrogens with zero attached hydrogens (tertiary/aromatic N) is 2. The van der Waals surface area contributed by atoms with E-state index >= 15 is 0 Å². The van der Waals surface area contributed by atoms with Gasteiger partial charge in [0.1, 0.15) is 12.4 Å². The zero-order valence-electron chi connectivity index (χ0n) is 18.5. The van der Waals surface area contributed by atoms with E-state index in [1.807, 2.05) is 54.6 Å². The van der Waals surface area contributed by atoms with Gasteiger partial charge in [-0.25, -0.2) is 0 Å². The summed E-state index contributed by atoms with van der Waals surface area (Å²) in [5.74, 6) is 6.23. The molecule has 1 atom stereocenters. The molecule has 166 valence electrons. The van der Waals surface area contributed by atoms with Crippen molar-refractivity contribution >= 4 is 11.8 Å². The first-order valence-corrected chi connectivity index (χ1v) is 10.8. The molecule has 2 aromatic carbocycles. The van der Waals surface area contributed by atoms with Crippen LogP contribution in [0.5, 0.6) is 5.75 Å². The molecular formula is C27H25N3O3. The molecule has 1 aliphatic rings. The van der Waals surface area contributed by atoms with Crippen LogP contribution in [0.2, 0.25) is 0 Å².